The van der Waals surface area contributed by atoms with Crippen LogP contribution in [0.1, 0.15) is 33.1 Å². The van der Waals surface area contributed by atoms with Crippen LogP contribution in [-0.4, -0.2) is 57.2 Å². The Morgan fingerprint density at radius 3 is 2.63 bits per heavy atom. The highest BCUT2D eigenvalue weighted by atomic mass is 32.2. The Kier molecular flexibility index (Phi) is 6.22. The number of carbonyl (C=O) groups excluding carboxylic acids is 1. The number of hydrogen-bond acceptors (Lipinski definition) is 4. The summed E-state index contributed by atoms with van der Waals surface area (Å²) in [6.45, 7) is 5.33. The lowest BCUT2D eigenvalue weighted by Crippen LogP contribution is -2.52. The van der Waals surface area contributed by atoms with Crippen LogP contribution in [0.2, 0.25) is 0 Å². The molecule has 0 aromatic heterocycles. The van der Waals surface area contributed by atoms with Crippen molar-refractivity contribution in [1.82, 2.24) is 14.9 Å². The Labute approximate surface area is 116 Å². The minimum absolute atomic E-state index is 0.0232. The molecule has 1 heterocycles. The third-order valence-corrected chi connectivity index (χ3v) is 3.88. The smallest absolute Gasteiger partial charge is 0.236 e. The number of piperidine rings is 1. The van der Waals surface area contributed by atoms with Gasteiger partial charge in [-0.25, -0.2) is 13.1 Å². The number of likely N-dealkylation sites (tertiary alicyclic amines) is 1. The zero-order valence-electron chi connectivity index (χ0n) is 12.0. The SMILES string of the molecule is CC(C)NCC(=O)N1CCCCC1CNS(C)(=O)=O. The van der Waals surface area contributed by atoms with Crippen LogP contribution in [0.4, 0.5) is 0 Å². The molecule has 0 saturated carbocycles. The summed E-state index contributed by atoms with van der Waals surface area (Å²) in [5.41, 5.74) is 0. The summed E-state index contributed by atoms with van der Waals surface area (Å²) in [6.07, 6.45) is 4.03. The van der Waals surface area contributed by atoms with Gasteiger partial charge in [0, 0.05) is 25.2 Å². The minimum Gasteiger partial charge on any atom is -0.337 e. The van der Waals surface area contributed by atoms with Gasteiger partial charge >= 0.3 is 0 Å². The summed E-state index contributed by atoms with van der Waals surface area (Å²) in [5.74, 6) is 0.0497. The van der Waals surface area contributed by atoms with E-state index < -0.39 is 10.0 Å². The van der Waals surface area contributed by atoms with Crippen molar-refractivity contribution in [1.29, 1.82) is 0 Å². The van der Waals surface area contributed by atoms with Gasteiger partial charge in [0.15, 0.2) is 0 Å². The number of nitrogens with zero attached hydrogens (tertiary/aromatic N) is 1. The lowest BCUT2D eigenvalue weighted by molar-refractivity contribution is -0.133. The second kappa shape index (κ2) is 7.21. The molecule has 1 atom stereocenters. The maximum atomic E-state index is 12.1. The molecule has 0 aromatic rings. The van der Waals surface area contributed by atoms with E-state index in [0.29, 0.717) is 19.6 Å². The van der Waals surface area contributed by atoms with Crippen molar-refractivity contribution in [3.05, 3.63) is 0 Å². The fourth-order valence-electron chi connectivity index (χ4n) is 2.18. The summed E-state index contributed by atoms with van der Waals surface area (Å²) in [6, 6.07) is 0.242. The Morgan fingerprint density at radius 1 is 1.37 bits per heavy atom. The van der Waals surface area contributed by atoms with Crippen LogP contribution in [0.25, 0.3) is 0 Å². The molecule has 1 rings (SSSR count). The molecular weight excluding hydrogens is 266 g/mol. The van der Waals surface area contributed by atoms with E-state index in [1.807, 2.05) is 13.8 Å². The zero-order valence-corrected chi connectivity index (χ0v) is 12.8. The number of hydrogen-bond donors (Lipinski definition) is 2. The monoisotopic (exact) mass is 291 g/mol. The normalized spacial score (nSPS) is 20.8. The van der Waals surface area contributed by atoms with Gasteiger partial charge in [-0.3, -0.25) is 4.79 Å². The fourth-order valence-corrected chi connectivity index (χ4v) is 2.68. The number of carbonyl (C=O) groups is 1. The van der Waals surface area contributed by atoms with Crippen LogP contribution in [-0.2, 0) is 14.8 Å². The van der Waals surface area contributed by atoms with E-state index in [-0.39, 0.29) is 18.0 Å². The fraction of sp³-hybridized carbons (Fsp3) is 0.917. The van der Waals surface area contributed by atoms with Gasteiger partial charge in [0.25, 0.3) is 0 Å². The molecule has 0 radical (unpaired) electrons. The molecule has 1 aliphatic rings. The molecule has 112 valence electrons. The maximum absolute atomic E-state index is 12.1. The maximum Gasteiger partial charge on any atom is 0.236 e. The van der Waals surface area contributed by atoms with Gasteiger partial charge in [0.2, 0.25) is 15.9 Å². The highest BCUT2D eigenvalue weighted by Crippen LogP contribution is 2.16. The van der Waals surface area contributed by atoms with Crippen molar-refractivity contribution in [3.63, 3.8) is 0 Å². The van der Waals surface area contributed by atoms with Gasteiger partial charge in [0.05, 0.1) is 12.8 Å². The quantitative estimate of drug-likeness (QED) is 0.717. The predicted molar refractivity (Wildman–Crippen MR) is 75.3 cm³/mol. The van der Waals surface area contributed by atoms with E-state index >= 15 is 0 Å². The Hall–Kier alpha value is -0.660. The molecule has 1 aliphatic heterocycles. The van der Waals surface area contributed by atoms with Crippen molar-refractivity contribution in [2.75, 3.05) is 25.9 Å². The molecule has 0 aromatic carbocycles. The lowest BCUT2D eigenvalue weighted by atomic mass is 10.0. The molecule has 1 unspecified atom stereocenters. The topological polar surface area (TPSA) is 78.5 Å². The highest BCUT2D eigenvalue weighted by Gasteiger charge is 2.26. The average Bonchev–Trinajstić information content (AvgIpc) is 2.33. The van der Waals surface area contributed by atoms with Crippen LogP contribution in [0, 0.1) is 0 Å². The average molecular weight is 291 g/mol. The number of amides is 1. The third-order valence-electron chi connectivity index (χ3n) is 3.19. The van der Waals surface area contributed by atoms with Gasteiger partial charge in [-0.05, 0) is 19.3 Å². The summed E-state index contributed by atoms with van der Waals surface area (Å²) in [7, 11) is -3.20. The molecule has 0 aliphatic carbocycles. The van der Waals surface area contributed by atoms with E-state index in [4.69, 9.17) is 0 Å². The molecular formula is C12H25N3O3S. The zero-order chi connectivity index (χ0) is 14.5. The number of rotatable bonds is 6. The van der Waals surface area contributed by atoms with Gasteiger partial charge in [0.1, 0.15) is 0 Å². The van der Waals surface area contributed by atoms with Crippen molar-refractivity contribution < 1.29 is 13.2 Å². The summed E-state index contributed by atoms with van der Waals surface area (Å²) < 4.78 is 24.8. The van der Waals surface area contributed by atoms with Gasteiger partial charge in [-0.2, -0.15) is 0 Å². The molecule has 1 amide bonds. The van der Waals surface area contributed by atoms with Crippen LogP contribution in [0.3, 0.4) is 0 Å². The molecule has 19 heavy (non-hydrogen) atoms. The Bertz CT molecular complexity index is 395. The summed E-state index contributed by atoms with van der Waals surface area (Å²) in [5, 5.41) is 3.11. The second-order valence-electron chi connectivity index (χ2n) is 5.39. The minimum atomic E-state index is -3.20. The molecule has 0 bridgehead atoms. The summed E-state index contributed by atoms with van der Waals surface area (Å²) in [4.78, 5) is 13.9. The largest absolute Gasteiger partial charge is 0.337 e. The number of sulfonamides is 1. The van der Waals surface area contributed by atoms with Gasteiger partial charge < -0.3 is 10.2 Å². The van der Waals surface area contributed by atoms with E-state index in [0.717, 1.165) is 25.5 Å². The van der Waals surface area contributed by atoms with Crippen molar-refractivity contribution in [2.24, 2.45) is 0 Å². The van der Waals surface area contributed by atoms with Gasteiger partial charge in [-0.1, -0.05) is 13.8 Å². The van der Waals surface area contributed by atoms with E-state index in [9.17, 15) is 13.2 Å². The standard InChI is InChI=1S/C12H25N3O3S/c1-10(2)13-9-12(16)15-7-5-4-6-11(15)8-14-19(3,17)18/h10-11,13-14H,4-9H2,1-3H3. The van der Waals surface area contributed by atoms with Crippen molar-refractivity contribution in [3.8, 4) is 0 Å². The molecule has 1 fully saturated rings. The predicted octanol–water partition coefficient (Wildman–Crippen LogP) is -0.0853. The summed E-state index contributed by atoms with van der Waals surface area (Å²) >= 11 is 0. The Morgan fingerprint density at radius 2 is 2.05 bits per heavy atom. The van der Waals surface area contributed by atoms with E-state index in [2.05, 4.69) is 10.0 Å². The molecule has 7 heteroatoms. The molecule has 1 saturated heterocycles. The second-order valence-corrected chi connectivity index (χ2v) is 7.23. The van der Waals surface area contributed by atoms with E-state index in [1.165, 1.54) is 0 Å². The van der Waals surface area contributed by atoms with E-state index in [1.54, 1.807) is 4.90 Å². The van der Waals surface area contributed by atoms with Crippen LogP contribution in [0.15, 0.2) is 0 Å². The van der Waals surface area contributed by atoms with Crippen molar-refractivity contribution >= 4 is 15.9 Å². The van der Waals surface area contributed by atoms with Crippen LogP contribution in [0.5, 0.6) is 0 Å². The van der Waals surface area contributed by atoms with Crippen molar-refractivity contribution in [2.45, 2.75) is 45.2 Å². The first-order valence-electron chi connectivity index (χ1n) is 6.77. The third kappa shape index (κ3) is 6.35. The highest BCUT2D eigenvalue weighted by molar-refractivity contribution is 7.88. The molecule has 2 N–H and O–H groups in total. The van der Waals surface area contributed by atoms with Crippen LogP contribution >= 0.6 is 0 Å². The first-order valence-corrected chi connectivity index (χ1v) is 8.66. The lowest BCUT2D eigenvalue weighted by Gasteiger charge is -2.36. The number of nitrogens with one attached hydrogen (secondary N) is 2. The van der Waals surface area contributed by atoms with Crippen LogP contribution < -0.4 is 10.0 Å². The first-order chi connectivity index (χ1) is 8.79. The molecule has 6 nitrogen and oxygen atoms in total. The Balaban J connectivity index is 2.54. The molecule has 0 spiro atoms. The first kappa shape index (κ1) is 16.4. The van der Waals surface area contributed by atoms with Gasteiger partial charge in [-0.15, -0.1) is 0 Å².